The van der Waals surface area contributed by atoms with Crippen molar-refractivity contribution in [3.8, 4) is 5.75 Å². The highest BCUT2D eigenvalue weighted by molar-refractivity contribution is 5.93. The summed E-state index contributed by atoms with van der Waals surface area (Å²) in [5, 5.41) is 11.5. The Balaban J connectivity index is 1.55. The maximum Gasteiger partial charge on any atom is 0.207 e. The fraction of sp³-hybridized carbons (Fsp3) is 0.571. The van der Waals surface area contributed by atoms with E-state index in [-0.39, 0.29) is 18.1 Å². The van der Waals surface area contributed by atoms with Crippen LogP contribution in [-0.4, -0.2) is 64.3 Å². The zero-order chi connectivity index (χ0) is 19.8. The van der Waals surface area contributed by atoms with Crippen LogP contribution in [0.25, 0.3) is 5.70 Å². The summed E-state index contributed by atoms with van der Waals surface area (Å²) in [7, 11) is 0. The number of hydrogen-bond donors (Lipinski definition) is 2. The second kappa shape index (κ2) is 10.5. The average Bonchev–Trinajstić information content (AvgIpc) is 2.70. The average molecular weight is 390 g/mol. The number of hydrogen-bond acceptors (Lipinski definition) is 7. The molecule has 0 saturated carbocycles. The Kier molecular flexibility index (Phi) is 7.71. The quantitative estimate of drug-likeness (QED) is 0.403. The molecule has 28 heavy (non-hydrogen) atoms. The van der Waals surface area contributed by atoms with Gasteiger partial charge < -0.3 is 29.0 Å². The van der Waals surface area contributed by atoms with Crippen molar-refractivity contribution in [3.63, 3.8) is 0 Å². The van der Waals surface area contributed by atoms with E-state index in [0.717, 1.165) is 30.0 Å². The molecule has 2 aliphatic heterocycles. The molecule has 0 radical (unpaired) electrons. The summed E-state index contributed by atoms with van der Waals surface area (Å²) in [4.78, 5) is 0. The smallest absolute Gasteiger partial charge is 0.207 e. The second-order valence-electron chi connectivity index (χ2n) is 7.06. The molecule has 1 aromatic carbocycles. The van der Waals surface area contributed by atoms with Gasteiger partial charge in [-0.1, -0.05) is 0 Å². The van der Waals surface area contributed by atoms with Crippen LogP contribution in [0.4, 0.5) is 0 Å². The van der Waals surface area contributed by atoms with Crippen LogP contribution in [0.1, 0.15) is 25.0 Å². The molecule has 0 spiro atoms. The summed E-state index contributed by atoms with van der Waals surface area (Å²) in [6.45, 7) is 7.96. The van der Waals surface area contributed by atoms with Crippen molar-refractivity contribution in [2.75, 3.05) is 46.2 Å². The van der Waals surface area contributed by atoms with Gasteiger partial charge in [0.1, 0.15) is 25.1 Å². The van der Waals surface area contributed by atoms with Crippen LogP contribution < -0.4 is 10.1 Å². The predicted molar refractivity (Wildman–Crippen MR) is 107 cm³/mol. The summed E-state index contributed by atoms with van der Waals surface area (Å²) in [5.41, 5.74) is 3.16. The van der Waals surface area contributed by atoms with Crippen molar-refractivity contribution >= 4 is 11.6 Å². The first kappa shape index (κ1) is 20.6. The largest absolute Gasteiger partial charge is 0.491 e. The van der Waals surface area contributed by atoms with E-state index < -0.39 is 0 Å². The van der Waals surface area contributed by atoms with E-state index in [0.29, 0.717) is 39.6 Å². The van der Waals surface area contributed by atoms with Gasteiger partial charge >= 0.3 is 0 Å². The lowest BCUT2D eigenvalue weighted by atomic mass is 9.97. The molecule has 7 heteroatoms. The molecule has 3 rings (SSSR count). The summed E-state index contributed by atoms with van der Waals surface area (Å²) in [6.07, 6.45) is 2.73. The van der Waals surface area contributed by atoms with Gasteiger partial charge in [0.15, 0.2) is 0 Å². The number of rotatable bonds is 8. The van der Waals surface area contributed by atoms with Gasteiger partial charge in [-0.15, -0.1) is 0 Å². The maximum absolute atomic E-state index is 8.10. The summed E-state index contributed by atoms with van der Waals surface area (Å²) < 4.78 is 27.7. The van der Waals surface area contributed by atoms with Crippen LogP contribution in [-0.2, 0) is 25.4 Å². The summed E-state index contributed by atoms with van der Waals surface area (Å²) in [5.74, 6) is 0.948. The Morgan fingerprint density at radius 2 is 2.21 bits per heavy atom. The van der Waals surface area contributed by atoms with Crippen molar-refractivity contribution in [2.24, 2.45) is 0 Å². The van der Waals surface area contributed by atoms with Crippen molar-refractivity contribution < 1.29 is 23.7 Å². The lowest BCUT2D eigenvalue weighted by Gasteiger charge is -2.24. The first-order valence-corrected chi connectivity index (χ1v) is 9.86. The van der Waals surface area contributed by atoms with Gasteiger partial charge in [0.2, 0.25) is 5.90 Å². The first-order chi connectivity index (χ1) is 13.6. The van der Waals surface area contributed by atoms with Crippen LogP contribution in [0, 0.1) is 5.41 Å². The highest BCUT2D eigenvalue weighted by Crippen LogP contribution is 2.26. The number of ether oxygens (including phenoxy) is 5. The van der Waals surface area contributed by atoms with Gasteiger partial charge in [-0.3, -0.25) is 5.41 Å². The molecule has 2 aliphatic rings. The summed E-state index contributed by atoms with van der Waals surface area (Å²) in [6, 6.07) is 6.04. The molecule has 1 saturated heterocycles. The van der Waals surface area contributed by atoms with Gasteiger partial charge in [-0.25, -0.2) is 0 Å². The number of nitrogens with one attached hydrogen (secondary N) is 2. The molecule has 0 aliphatic carbocycles. The van der Waals surface area contributed by atoms with E-state index in [2.05, 4.69) is 11.4 Å². The van der Waals surface area contributed by atoms with E-state index in [1.807, 2.05) is 26.0 Å². The summed E-state index contributed by atoms with van der Waals surface area (Å²) >= 11 is 0. The van der Waals surface area contributed by atoms with Crippen molar-refractivity contribution in [2.45, 2.75) is 32.5 Å². The second-order valence-corrected chi connectivity index (χ2v) is 7.06. The van der Waals surface area contributed by atoms with Crippen LogP contribution in [0.3, 0.4) is 0 Å². The molecule has 1 aromatic rings. The molecule has 2 heterocycles. The van der Waals surface area contributed by atoms with E-state index in [1.54, 1.807) is 6.08 Å². The molecule has 0 aromatic heterocycles. The lowest BCUT2D eigenvalue weighted by molar-refractivity contribution is -0.103. The third-order valence-electron chi connectivity index (χ3n) is 4.47. The van der Waals surface area contributed by atoms with Crippen molar-refractivity contribution in [1.82, 2.24) is 5.32 Å². The van der Waals surface area contributed by atoms with Crippen molar-refractivity contribution in [1.29, 1.82) is 5.41 Å². The molecule has 2 N–H and O–H groups in total. The maximum atomic E-state index is 8.10. The van der Waals surface area contributed by atoms with Crippen LogP contribution in [0.5, 0.6) is 5.75 Å². The Morgan fingerprint density at radius 1 is 1.32 bits per heavy atom. The van der Waals surface area contributed by atoms with E-state index in [9.17, 15) is 0 Å². The van der Waals surface area contributed by atoms with E-state index >= 15 is 0 Å². The van der Waals surface area contributed by atoms with Gasteiger partial charge in [-0.05, 0) is 44.0 Å². The normalized spacial score (nSPS) is 20.5. The Hall–Kier alpha value is -2.09. The van der Waals surface area contributed by atoms with Crippen LogP contribution in [0.2, 0.25) is 0 Å². The Bertz CT molecular complexity index is 683. The number of benzene rings is 1. The SMILES string of the molecule is CC(C)OCCOc1ccc2c(c1)CCN/C2=C\C(=N)OC[C@H]1COCCO1. The number of fused-ring (bicyclic) bond motifs is 1. The zero-order valence-corrected chi connectivity index (χ0v) is 16.7. The van der Waals surface area contributed by atoms with Crippen LogP contribution in [0.15, 0.2) is 24.3 Å². The molecule has 0 bridgehead atoms. The Labute approximate surface area is 166 Å². The van der Waals surface area contributed by atoms with E-state index in [1.165, 1.54) is 5.56 Å². The minimum absolute atomic E-state index is 0.107. The molecule has 0 unspecified atom stereocenters. The third-order valence-corrected chi connectivity index (χ3v) is 4.47. The van der Waals surface area contributed by atoms with Gasteiger partial charge in [-0.2, -0.15) is 0 Å². The highest BCUT2D eigenvalue weighted by atomic mass is 16.6. The topological polar surface area (TPSA) is 82.0 Å². The predicted octanol–water partition coefficient (Wildman–Crippen LogP) is 2.39. The molecule has 0 amide bonds. The van der Waals surface area contributed by atoms with Gasteiger partial charge in [0.25, 0.3) is 0 Å². The minimum atomic E-state index is -0.113. The highest BCUT2D eigenvalue weighted by Gasteiger charge is 2.17. The van der Waals surface area contributed by atoms with Gasteiger partial charge in [0, 0.05) is 23.9 Å². The van der Waals surface area contributed by atoms with Gasteiger partial charge in [0.05, 0.1) is 32.5 Å². The standard InChI is InChI=1S/C21H30N2O5/c1-15(2)25-9-10-26-17-3-4-19-16(11-17)5-6-23-20(19)12-21(22)28-14-18-13-24-7-8-27-18/h3-4,11-12,15,18,22-23H,5-10,13-14H2,1-2H3/b20-12-,22-21?/t18-/m1/s1. The molecule has 154 valence electrons. The molecular weight excluding hydrogens is 360 g/mol. The minimum Gasteiger partial charge on any atom is -0.491 e. The third kappa shape index (κ3) is 6.22. The first-order valence-electron chi connectivity index (χ1n) is 9.86. The fourth-order valence-electron chi connectivity index (χ4n) is 3.12. The molecular formula is C21H30N2O5. The molecule has 1 atom stereocenters. The van der Waals surface area contributed by atoms with Crippen molar-refractivity contribution in [3.05, 3.63) is 35.4 Å². The Morgan fingerprint density at radius 3 is 3.00 bits per heavy atom. The molecule has 1 fully saturated rings. The zero-order valence-electron chi connectivity index (χ0n) is 16.7. The van der Waals surface area contributed by atoms with E-state index in [4.69, 9.17) is 29.1 Å². The lowest BCUT2D eigenvalue weighted by Crippen LogP contribution is -2.33. The fourth-order valence-corrected chi connectivity index (χ4v) is 3.12. The monoisotopic (exact) mass is 390 g/mol. The molecule has 7 nitrogen and oxygen atoms in total. The van der Waals surface area contributed by atoms with Crippen LogP contribution >= 0.6 is 0 Å².